The Labute approximate surface area is 180 Å². The number of methoxy groups -OCH3 is 2. The van der Waals surface area contributed by atoms with Gasteiger partial charge in [-0.05, 0) is 24.8 Å². The van der Waals surface area contributed by atoms with Gasteiger partial charge < -0.3 is 19.7 Å². The van der Waals surface area contributed by atoms with Crippen molar-refractivity contribution >= 4 is 28.7 Å². The lowest BCUT2D eigenvalue weighted by Crippen LogP contribution is -2.52. The summed E-state index contributed by atoms with van der Waals surface area (Å²) in [4.78, 5) is 35.8. The summed E-state index contributed by atoms with van der Waals surface area (Å²) < 4.78 is 10.8. The zero-order valence-corrected chi connectivity index (χ0v) is 18.2. The van der Waals surface area contributed by atoms with Gasteiger partial charge in [-0.3, -0.25) is 4.79 Å². The zero-order valence-electron chi connectivity index (χ0n) is 18.2. The van der Waals surface area contributed by atoms with Gasteiger partial charge >= 0.3 is 6.03 Å². The number of fused-ring (bicyclic) bond motifs is 1. The molecule has 1 atom stereocenters. The minimum absolute atomic E-state index is 0.0274. The Morgan fingerprint density at radius 3 is 2.39 bits per heavy atom. The predicted octanol–water partition coefficient (Wildman–Crippen LogP) is 1.70. The third kappa shape index (κ3) is 3.95. The Morgan fingerprint density at radius 2 is 1.77 bits per heavy atom. The fourth-order valence-corrected chi connectivity index (χ4v) is 4.10. The van der Waals surface area contributed by atoms with Gasteiger partial charge in [0, 0.05) is 30.6 Å². The number of hydrogen-bond donors (Lipinski definition) is 2. The van der Waals surface area contributed by atoms with Crippen molar-refractivity contribution in [2.24, 2.45) is 5.92 Å². The molecule has 0 spiro atoms. The van der Waals surface area contributed by atoms with Gasteiger partial charge in [-0.2, -0.15) is 5.01 Å². The summed E-state index contributed by atoms with van der Waals surface area (Å²) >= 11 is 0. The minimum atomic E-state index is -0.473. The molecule has 0 bridgehead atoms. The van der Waals surface area contributed by atoms with Crippen LogP contribution in [0.4, 0.5) is 10.6 Å². The fraction of sp³-hybridized carbons (Fsp3) is 0.524. The summed E-state index contributed by atoms with van der Waals surface area (Å²) in [7, 11) is 3.20. The molecule has 10 nitrogen and oxygen atoms in total. The van der Waals surface area contributed by atoms with Crippen molar-refractivity contribution in [3.63, 3.8) is 0 Å². The molecule has 2 aliphatic rings. The van der Waals surface area contributed by atoms with Crippen molar-refractivity contribution in [2.45, 2.75) is 38.8 Å². The van der Waals surface area contributed by atoms with E-state index in [-0.39, 0.29) is 23.9 Å². The molecule has 0 radical (unpaired) electrons. The van der Waals surface area contributed by atoms with E-state index >= 15 is 0 Å². The second-order valence-electron chi connectivity index (χ2n) is 8.16. The Hall–Kier alpha value is -3.14. The molecule has 2 aliphatic heterocycles. The van der Waals surface area contributed by atoms with E-state index in [0.717, 1.165) is 47.7 Å². The third-order valence-corrected chi connectivity index (χ3v) is 5.86. The van der Waals surface area contributed by atoms with Crippen LogP contribution in [0, 0.1) is 5.92 Å². The first-order valence-corrected chi connectivity index (χ1v) is 10.4. The first-order chi connectivity index (χ1) is 14.9. The molecule has 1 aromatic carbocycles. The van der Waals surface area contributed by atoms with Crippen molar-refractivity contribution < 1.29 is 19.1 Å². The van der Waals surface area contributed by atoms with Crippen LogP contribution in [0.2, 0.25) is 0 Å². The number of anilines is 1. The van der Waals surface area contributed by atoms with Crippen LogP contribution in [0.15, 0.2) is 18.5 Å². The molecule has 2 saturated heterocycles. The Bertz CT molecular complexity index is 989. The van der Waals surface area contributed by atoms with Crippen LogP contribution < -0.4 is 25.1 Å². The van der Waals surface area contributed by atoms with Gasteiger partial charge in [0.05, 0.1) is 19.7 Å². The summed E-state index contributed by atoms with van der Waals surface area (Å²) in [5.41, 5.74) is 3.90. The molecular formula is C21H28N6O4. The highest BCUT2D eigenvalue weighted by Gasteiger charge is 2.41. The molecule has 10 heteroatoms. The number of ether oxygens (including phenoxy) is 2. The van der Waals surface area contributed by atoms with Crippen LogP contribution >= 0.6 is 0 Å². The van der Waals surface area contributed by atoms with Crippen LogP contribution in [-0.2, 0) is 4.79 Å². The highest BCUT2D eigenvalue weighted by Crippen LogP contribution is 2.35. The van der Waals surface area contributed by atoms with E-state index in [9.17, 15) is 9.59 Å². The molecule has 2 aromatic rings. The van der Waals surface area contributed by atoms with E-state index in [1.807, 2.05) is 26.0 Å². The molecule has 0 saturated carbocycles. The topological polar surface area (TPSA) is 109 Å². The lowest BCUT2D eigenvalue weighted by Gasteiger charge is -2.34. The quantitative estimate of drug-likeness (QED) is 0.669. The molecule has 2 fully saturated rings. The summed E-state index contributed by atoms with van der Waals surface area (Å²) in [5.74, 6) is 1.91. The average Bonchev–Trinajstić information content (AvgIpc) is 3.06. The molecule has 31 heavy (non-hydrogen) atoms. The van der Waals surface area contributed by atoms with Crippen molar-refractivity contribution in [1.29, 1.82) is 0 Å². The van der Waals surface area contributed by atoms with Gasteiger partial charge in [0.25, 0.3) is 5.91 Å². The van der Waals surface area contributed by atoms with Gasteiger partial charge in [0.15, 0.2) is 11.5 Å². The fourth-order valence-electron chi connectivity index (χ4n) is 4.10. The van der Waals surface area contributed by atoms with Gasteiger partial charge in [-0.25, -0.2) is 20.2 Å². The SMILES string of the molecule is COc1cc2ncnc(N3CCC(NN4C(=O)NC(C(C)C)C4=O)CC3)c2cc1OC. The number of hydrazine groups is 1. The van der Waals surface area contributed by atoms with Gasteiger partial charge in [0.1, 0.15) is 18.2 Å². The van der Waals surface area contributed by atoms with Crippen molar-refractivity contribution in [3.05, 3.63) is 18.5 Å². The van der Waals surface area contributed by atoms with Crippen LogP contribution in [0.25, 0.3) is 10.9 Å². The Balaban J connectivity index is 1.46. The summed E-state index contributed by atoms with van der Waals surface area (Å²) in [5, 5.41) is 4.77. The normalized spacial score (nSPS) is 20.0. The predicted molar refractivity (Wildman–Crippen MR) is 115 cm³/mol. The minimum Gasteiger partial charge on any atom is -0.493 e. The standard InChI is InChI=1S/C21H28N6O4/c1-12(2)18-20(28)27(21(29)24-18)25-13-5-7-26(8-6-13)19-14-9-16(30-3)17(31-4)10-15(14)22-11-23-19/h9-13,18,25H,5-8H2,1-4H3,(H,24,29). The molecule has 3 amide bonds. The summed E-state index contributed by atoms with van der Waals surface area (Å²) in [6.45, 7) is 5.30. The van der Waals surface area contributed by atoms with Crippen molar-refractivity contribution in [2.75, 3.05) is 32.2 Å². The summed E-state index contributed by atoms with van der Waals surface area (Å²) in [6, 6.07) is 2.91. The van der Waals surface area contributed by atoms with E-state index in [4.69, 9.17) is 9.47 Å². The largest absolute Gasteiger partial charge is 0.493 e. The smallest absolute Gasteiger partial charge is 0.339 e. The number of benzene rings is 1. The van der Waals surface area contributed by atoms with Crippen molar-refractivity contribution in [1.82, 2.24) is 25.7 Å². The number of piperidine rings is 1. The van der Waals surface area contributed by atoms with Gasteiger partial charge in [-0.15, -0.1) is 0 Å². The maximum Gasteiger partial charge on any atom is 0.339 e. The summed E-state index contributed by atoms with van der Waals surface area (Å²) in [6.07, 6.45) is 3.08. The van der Waals surface area contributed by atoms with Gasteiger partial charge in [0.2, 0.25) is 0 Å². The molecule has 1 aromatic heterocycles. The third-order valence-electron chi connectivity index (χ3n) is 5.86. The number of hydrogen-bond acceptors (Lipinski definition) is 8. The van der Waals surface area contributed by atoms with E-state index in [1.54, 1.807) is 20.5 Å². The number of nitrogens with zero attached hydrogens (tertiary/aromatic N) is 4. The van der Waals surface area contributed by atoms with Crippen LogP contribution in [0.1, 0.15) is 26.7 Å². The van der Waals surface area contributed by atoms with Crippen LogP contribution in [0.3, 0.4) is 0 Å². The van der Waals surface area contributed by atoms with Crippen LogP contribution in [-0.4, -0.2) is 66.3 Å². The first-order valence-electron chi connectivity index (χ1n) is 10.4. The molecular weight excluding hydrogens is 400 g/mol. The number of carbonyl (C=O) groups is 2. The molecule has 3 heterocycles. The van der Waals surface area contributed by atoms with Crippen LogP contribution in [0.5, 0.6) is 11.5 Å². The molecule has 166 valence electrons. The number of aromatic nitrogens is 2. The Kier molecular flexibility index (Phi) is 5.81. The number of amides is 3. The molecule has 0 aliphatic carbocycles. The van der Waals surface area contributed by atoms with E-state index < -0.39 is 6.04 Å². The lowest BCUT2D eigenvalue weighted by molar-refractivity contribution is -0.131. The maximum absolute atomic E-state index is 12.5. The number of urea groups is 1. The second kappa shape index (κ2) is 8.54. The molecule has 1 unspecified atom stereocenters. The average molecular weight is 428 g/mol. The number of nitrogens with one attached hydrogen (secondary N) is 2. The second-order valence-corrected chi connectivity index (χ2v) is 8.16. The van der Waals surface area contributed by atoms with Crippen molar-refractivity contribution in [3.8, 4) is 11.5 Å². The van der Waals surface area contributed by atoms with Gasteiger partial charge in [-0.1, -0.05) is 13.8 Å². The number of carbonyl (C=O) groups excluding carboxylic acids is 2. The van der Waals surface area contributed by atoms with E-state index in [0.29, 0.717) is 11.5 Å². The van der Waals surface area contributed by atoms with E-state index in [1.165, 1.54) is 0 Å². The lowest BCUT2D eigenvalue weighted by atomic mass is 10.0. The molecule has 4 rings (SSSR count). The number of rotatable bonds is 6. The highest BCUT2D eigenvalue weighted by atomic mass is 16.5. The first kappa shape index (κ1) is 21.1. The monoisotopic (exact) mass is 428 g/mol. The van der Waals surface area contributed by atoms with E-state index in [2.05, 4.69) is 25.6 Å². The maximum atomic E-state index is 12.5. The Morgan fingerprint density at radius 1 is 1.10 bits per heavy atom. The molecule has 2 N–H and O–H groups in total. The highest BCUT2D eigenvalue weighted by molar-refractivity contribution is 6.03. The zero-order chi connectivity index (χ0) is 22.1. The number of imide groups is 1.